The van der Waals surface area contributed by atoms with Gasteiger partial charge >= 0.3 is 12.2 Å². The molecule has 188 valence electrons. The van der Waals surface area contributed by atoms with Gasteiger partial charge < -0.3 is 20.1 Å². The zero-order valence-electron chi connectivity index (χ0n) is 19.8. The molecule has 12 heteroatoms. The molecule has 2 aromatic rings. The highest BCUT2D eigenvalue weighted by molar-refractivity contribution is 7.91. The number of alkyl carbamates (subject to hydrolysis) is 1. The fraction of sp³-hybridized carbons (Fsp3) is 0.304. The van der Waals surface area contributed by atoms with E-state index < -0.39 is 22.0 Å². The second kappa shape index (κ2) is 12.5. The molecule has 0 fully saturated rings. The number of carbonyl (C=O) groups is 3. The third kappa shape index (κ3) is 8.10. The first-order valence-electron chi connectivity index (χ1n) is 10.6. The van der Waals surface area contributed by atoms with Gasteiger partial charge in [-0.3, -0.25) is 10.1 Å². The van der Waals surface area contributed by atoms with Crippen LogP contribution in [-0.4, -0.2) is 46.7 Å². The number of ether oxygens (including phenoxy) is 2. The number of hydrogen-bond donors (Lipinski definition) is 3. The van der Waals surface area contributed by atoms with Gasteiger partial charge in [0.2, 0.25) is 21.7 Å². The van der Waals surface area contributed by atoms with Crippen LogP contribution in [-0.2, 0) is 24.1 Å². The Balaban J connectivity index is 2.50. The van der Waals surface area contributed by atoms with Crippen LogP contribution in [0.1, 0.15) is 26.7 Å². The molecule has 35 heavy (non-hydrogen) atoms. The second-order valence-electron chi connectivity index (χ2n) is 7.68. The Morgan fingerprint density at radius 3 is 2.20 bits per heavy atom. The minimum Gasteiger partial charge on any atom is -0.453 e. The summed E-state index contributed by atoms with van der Waals surface area (Å²) in [5.41, 5.74) is 0.258. The predicted molar refractivity (Wildman–Crippen MR) is 130 cm³/mol. The van der Waals surface area contributed by atoms with Gasteiger partial charge in [0, 0.05) is 6.42 Å². The molecule has 3 N–H and O–H groups in total. The molecule has 2 rings (SSSR count). The maximum absolute atomic E-state index is 13.1. The number of anilines is 2. The van der Waals surface area contributed by atoms with E-state index in [-0.39, 0.29) is 45.4 Å². The third-order valence-corrected chi connectivity index (χ3v) is 6.38. The van der Waals surface area contributed by atoms with Gasteiger partial charge in [-0.15, -0.1) is 4.99 Å². The molecule has 0 aliphatic rings. The van der Waals surface area contributed by atoms with E-state index in [0.29, 0.717) is 6.42 Å². The van der Waals surface area contributed by atoms with Gasteiger partial charge in [-0.1, -0.05) is 32.0 Å². The highest BCUT2D eigenvalue weighted by Crippen LogP contribution is 2.29. The monoisotopic (exact) mass is 504 g/mol. The summed E-state index contributed by atoms with van der Waals surface area (Å²) >= 11 is 0. The lowest BCUT2D eigenvalue weighted by atomic mass is 10.1. The number of benzene rings is 2. The van der Waals surface area contributed by atoms with Crippen molar-refractivity contribution in [3.8, 4) is 0 Å². The zero-order chi connectivity index (χ0) is 26.0. The normalized spacial score (nSPS) is 11.5. The molecule has 0 saturated carbocycles. The molecule has 0 spiro atoms. The van der Waals surface area contributed by atoms with E-state index in [1.807, 2.05) is 13.8 Å². The fourth-order valence-corrected chi connectivity index (χ4v) is 4.08. The Morgan fingerprint density at radius 2 is 1.60 bits per heavy atom. The molecule has 0 atom stereocenters. The molecular weight excluding hydrogens is 476 g/mol. The lowest BCUT2D eigenvalue weighted by Crippen LogP contribution is -2.36. The molecule has 0 unspecified atom stereocenters. The van der Waals surface area contributed by atoms with Crippen LogP contribution in [0.5, 0.6) is 0 Å². The first-order chi connectivity index (χ1) is 16.6. The van der Waals surface area contributed by atoms with Crippen LogP contribution in [0.25, 0.3) is 0 Å². The maximum Gasteiger partial charge on any atom is 0.436 e. The van der Waals surface area contributed by atoms with Gasteiger partial charge in [-0.2, -0.15) is 0 Å². The lowest BCUT2D eigenvalue weighted by Gasteiger charge is -2.16. The van der Waals surface area contributed by atoms with Crippen molar-refractivity contribution in [2.45, 2.75) is 36.5 Å². The first-order valence-corrected chi connectivity index (χ1v) is 12.1. The largest absolute Gasteiger partial charge is 0.453 e. The molecule has 0 heterocycles. The van der Waals surface area contributed by atoms with Crippen LogP contribution < -0.4 is 16.0 Å². The molecule has 0 radical (unpaired) electrons. The van der Waals surface area contributed by atoms with Crippen molar-refractivity contribution in [1.29, 1.82) is 0 Å². The first kappa shape index (κ1) is 27.3. The summed E-state index contributed by atoms with van der Waals surface area (Å²) in [4.78, 5) is 39.5. The number of rotatable bonds is 7. The molecule has 0 bridgehead atoms. The van der Waals surface area contributed by atoms with Crippen LogP contribution >= 0.6 is 0 Å². The summed E-state index contributed by atoms with van der Waals surface area (Å²) in [5.74, 6) is -0.422. The summed E-state index contributed by atoms with van der Waals surface area (Å²) in [6.07, 6.45) is -1.12. The summed E-state index contributed by atoms with van der Waals surface area (Å²) < 4.78 is 35.2. The quantitative estimate of drug-likeness (QED) is 0.380. The van der Waals surface area contributed by atoms with Crippen LogP contribution in [0.4, 0.5) is 21.0 Å². The SMILES string of the molecule is COC(=O)N=C(NC(=O)OC)Nc1ccc(S(=O)(=O)c2ccccc2)cc1NC(=O)CCC(C)C. The molecule has 0 aromatic heterocycles. The van der Waals surface area contributed by atoms with Crippen LogP contribution in [0, 0.1) is 5.92 Å². The number of carbonyl (C=O) groups excluding carboxylic acids is 3. The van der Waals surface area contributed by atoms with Gasteiger partial charge in [0.25, 0.3) is 0 Å². The molecule has 11 nitrogen and oxygen atoms in total. The highest BCUT2D eigenvalue weighted by Gasteiger charge is 2.21. The Morgan fingerprint density at radius 1 is 0.914 bits per heavy atom. The van der Waals surface area contributed by atoms with Gasteiger partial charge in [0.1, 0.15) is 0 Å². The highest BCUT2D eigenvalue weighted by atomic mass is 32.2. The number of sulfone groups is 1. The predicted octanol–water partition coefficient (Wildman–Crippen LogP) is 3.78. The Hall–Kier alpha value is -3.93. The van der Waals surface area contributed by atoms with Crippen LogP contribution in [0.2, 0.25) is 0 Å². The van der Waals surface area contributed by atoms with Gasteiger partial charge in [0.05, 0.1) is 35.4 Å². The van der Waals surface area contributed by atoms with Gasteiger partial charge in [0.15, 0.2) is 0 Å². The maximum atomic E-state index is 13.1. The number of amides is 3. The Bertz CT molecular complexity index is 1200. The molecule has 0 aliphatic heterocycles. The smallest absolute Gasteiger partial charge is 0.436 e. The topological polar surface area (TPSA) is 152 Å². The Labute approximate surface area is 203 Å². The fourth-order valence-electron chi connectivity index (χ4n) is 2.77. The average molecular weight is 505 g/mol. The Kier molecular flexibility index (Phi) is 9.76. The van der Waals surface area contributed by atoms with Crippen molar-refractivity contribution < 1.29 is 32.3 Å². The van der Waals surface area contributed by atoms with Crippen molar-refractivity contribution in [1.82, 2.24) is 5.32 Å². The summed E-state index contributed by atoms with van der Waals surface area (Å²) in [5, 5.41) is 7.60. The van der Waals surface area contributed by atoms with Crippen molar-refractivity contribution in [2.24, 2.45) is 10.9 Å². The summed E-state index contributed by atoms with van der Waals surface area (Å²) in [6, 6.07) is 11.8. The minimum absolute atomic E-state index is 0.0687. The van der Waals surface area contributed by atoms with Crippen LogP contribution in [0.15, 0.2) is 63.3 Å². The van der Waals surface area contributed by atoms with Crippen molar-refractivity contribution >= 4 is 45.3 Å². The number of hydrogen-bond acceptors (Lipinski definition) is 7. The van der Waals surface area contributed by atoms with Crippen LogP contribution in [0.3, 0.4) is 0 Å². The molecular formula is C23H28N4O7S. The van der Waals surface area contributed by atoms with Crippen molar-refractivity contribution in [3.63, 3.8) is 0 Å². The van der Waals surface area contributed by atoms with Gasteiger partial charge in [-0.25, -0.2) is 18.0 Å². The van der Waals surface area contributed by atoms with E-state index in [4.69, 9.17) is 0 Å². The van der Waals surface area contributed by atoms with E-state index >= 15 is 0 Å². The average Bonchev–Trinajstić information content (AvgIpc) is 2.83. The van der Waals surface area contributed by atoms with E-state index in [0.717, 1.165) is 14.2 Å². The van der Waals surface area contributed by atoms with E-state index in [1.54, 1.807) is 18.2 Å². The zero-order valence-corrected chi connectivity index (χ0v) is 20.6. The van der Waals surface area contributed by atoms with E-state index in [9.17, 15) is 22.8 Å². The lowest BCUT2D eigenvalue weighted by molar-refractivity contribution is -0.116. The van der Waals surface area contributed by atoms with E-state index in [1.165, 1.54) is 30.3 Å². The number of guanidine groups is 1. The number of nitrogens with one attached hydrogen (secondary N) is 3. The number of nitrogens with zero attached hydrogens (tertiary/aromatic N) is 1. The van der Waals surface area contributed by atoms with Crippen molar-refractivity contribution in [2.75, 3.05) is 24.9 Å². The molecule has 2 aromatic carbocycles. The van der Waals surface area contributed by atoms with Gasteiger partial charge in [-0.05, 0) is 42.7 Å². The molecule has 0 saturated heterocycles. The van der Waals surface area contributed by atoms with E-state index in [2.05, 4.69) is 30.4 Å². The minimum atomic E-state index is -3.89. The number of aliphatic imine (C=N–C) groups is 1. The van der Waals surface area contributed by atoms with Crippen molar-refractivity contribution in [3.05, 3.63) is 48.5 Å². The molecule has 0 aliphatic carbocycles. The standard InChI is InChI=1S/C23H28N4O7S/c1-15(2)10-13-20(28)24-19-14-17(35(31,32)16-8-6-5-7-9-16)11-12-18(19)25-21(26-22(29)33-3)27-23(30)34-4/h5-9,11-12,14-15H,10,13H2,1-4H3,(H,24,28)(H2,25,26,27,29,30). The second-order valence-corrected chi connectivity index (χ2v) is 9.63. The number of methoxy groups -OCH3 is 2. The molecule has 3 amide bonds. The summed E-state index contributed by atoms with van der Waals surface area (Å²) in [6.45, 7) is 3.95. The summed E-state index contributed by atoms with van der Waals surface area (Å²) in [7, 11) is -1.67. The third-order valence-electron chi connectivity index (χ3n) is 4.61.